The highest BCUT2D eigenvalue weighted by Crippen LogP contribution is 2.18. The molecule has 0 spiro atoms. The summed E-state index contributed by atoms with van der Waals surface area (Å²) in [6.07, 6.45) is 9.82. The monoisotopic (exact) mass is 445 g/mol. The van der Waals surface area contributed by atoms with Crippen LogP contribution in [0.5, 0.6) is 0 Å². The topological polar surface area (TPSA) is 99.8 Å². The van der Waals surface area contributed by atoms with E-state index in [1.165, 1.54) is 10.9 Å². The first-order valence-corrected chi connectivity index (χ1v) is 11.0. The quantitative estimate of drug-likeness (QED) is 0.362. The number of nitrogens with zero attached hydrogens (tertiary/aromatic N) is 2. The summed E-state index contributed by atoms with van der Waals surface area (Å²) in [7, 11) is -3.58. The lowest BCUT2D eigenvalue weighted by atomic mass is 10.1. The molecule has 0 bridgehead atoms. The number of fused-ring (bicyclic) bond motifs is 2. The van der Waals surface area contributed by atoms with Gasteiger partial charge in [-0.2, -0.15) is 0 Å². The minimum atomic E-state index is -3.58. The van der Waals surface area contributed by atoms with Crippen molar-refractivity contribution in [3.63, 3.8) is 0 Å². The molecule has 3 N–H and O–H groups in total. The maximum Gasteiger partial charge on any atom is 0.240 e. The lowest BCUT2D eigenvalue weighted by Gasteiger charge is -2.15. The van der Waals surface area contributed by atoms with Crippen molar-refractivity contribution >= 4 is 44.1 Å². The van der Waals surface area contributed by atoms with E-state index in [1.54, 1.807) is 42.9 Å². The van der Waals surface area contributed by atoms with Gasteiger partial charge in [-0.1, -0.05) is 6.07 Å². The van der Waals surface area contributed by atoms with Crippen LogP contribution in [-0.4, -0.2) is 42.5 Å². The molecule has 0 aliphatic rings. The molecule has 3 heterocycles. The van der Waals surface area contributed by atoms with Crippen molar-refractivity contribution in [2.45, 2.75) is 24.3 Å². The number of halogens is 1. The number of hydrogen-bond donors (Lipinski definition) is 3. The van der Waals surface area contributed by atoms with Crippen molar-refractivity contribution in [1.29, 1.82) is 0 Å². The molecule has 3 aromatic heterocycles. The lowest BCUT2D eigenvalue weighted by molar-refractivity contribution is 0.537. The molecule has 9 heteroatoms. The summed E-state index contributed by atoms with van der Waals surface area (Å²) in [6, 6.07) is 8.62. The summed E-state index contributed by atoms with van der Waals surface area (Å²) < 4.78 is 28.1. The minimum Gasteiger partial charge on any atom is -0.360 e. The first kappa shape index (κ1) is 22.2. The SMILES string of the molecule is C[C@H](CNCCc1c[nH]c2cnccc12)NS(=O)(=O)c1ccc2cnccc2c1.Cl. The summed E-state index contributed by atoms with van der Waals surface area (Å²) in [5.41, 5.74) is 2.24. The predicted molar refractivity (Wildman–Crippen MR) is 121 cm³/mol. The largest absolute Gasteiger partial charge is 0.360 e. The Hall–Kier alpha value is -2.52. The third-order valence-corrected chi connectivity index (χ3v) is 6.46. The van der Waals surface area contributed by atoms with Crippen LogP contribution in [0.25, 0.3) is 21.7 Å². The van der Waals surface area contributed by atoms with Gasteiger partial charge in [-0.15, -0.1) is 12.4 Å². The number of benzene rings is 1. The second-order valence-electron chi connectivity index (χ2n) is 7.10. The fourth-order valence-corrected chi connectivity index (χ4v) is 4.66. The fourth-order valence-electron chi connectivity index (χ4n) is 3.38. The van der Waals surface area contributed by atoms with Gasteiger partial charge in [0.05, 0.1) is 16.6 Å². The van der Waals surface area contributed by atoms with Gasteiger partial charge < -0.3 is 10.3 Å². The van der Waals surface area contributed by atoms with Crippen LogP contribution < -0.4 is 10.0 Å². The maximum absolute atomic E-state index is 12.7. The Labute approximate surface area is 181 Å². The van der Waals surface area contributed by atoms with Gasteiger partial charge in [-0.3, -0.25) is 9.97 Å². The highest BCUT2D eigenvalue weighted by Gasteiger charge is 2.17. The van der Waals surface area contributed by atoms with Gasteiger partial charge in [0.1, 0.15) is 0 Å². The fraction of sp³-hybridized carbons (Fsp3) is 0.238. The van der Waals surface area contributed by atoms with Crippen LogP contribution in [0.4, 0.5) is 0 Å². The van der Waals surface area contributed by atoms with Gasteiger partial charge in [0.2, 0.25) is 10.0 Å². The van der Waals surface area contributed by atoms with Gasteiger partial charge in [-0.05, 0) is 55.1 Å². The average Bonchev–Trinajstić information content (AvgIpc) is 3.14. The van der Waals surface area contributed by atoms with Gasteiger partial charge in [-0.25, -0.2) is 13.1 Å². The molecule has 0 radical (unpaired) electrons. The number of hydrogen-bond acceptors (Lipinski definition) is 5. The van der Waals surface area contributed by atoms with E-state index < -0.39 is 10.0 Å². The lowest BCUT2D eigenvalue weighted by Crippen LogP contribution is -2.40. The summed E-state index contributed by atoms with van der Waals surface area (Å²) in [6.45, 7) is 3.15. The van der Waals surface area contributed by atoms with Crippen LogP contribution in [0, 0.1) is 0 Å². The van der Waals surface area contributed by atoms with Crippen molar-refractivity contribution in [3.05, 3.63) is 66.9 Å². The average molecular weight is 446 g/mol. The molecular weight excluding hydrogens is 422 g/mol. The number of pyridine rings is 2. The van der Waals surface area contributed by atoms with Gasteiger partial charge in [0.15, 0.2) is 0 Å². The van der Waals surface area contributed by atoms with E-state index in [0.29, 0.717) is 6.54 Å². The molecule has 0 fully saturated rings. The maximum atomic E-state index is 12.7. The highest BCUT2D eigenvalue weighted by atomic mass is 35.5. The predicted octanol–water partition coefficient (Wildman–Crippen LogP) is 3.03. The van der Waals surface area contributed by atoms with Crippen molar-refractivity contribution in [1.82, 2.24) is 25.0 Å². The molecule has 4 aromatic rings. The minimum absolute atomic E-state index is 0. The Morgan fingerprint density at radius 2 is 1.87 bits per heavy atom. The zero-order valence-corrected chi connectivity index (χ0v) is 18.1. The third kappa shape index (κ3) is 4.96. The molecule has 0 unspecified atom stereocenters. The van der Waals surface area contributed by atoms with Gasteiger partial charge in [0.25, 0.3) is 0 Å². The molecule has 0 saturated heterocycles. The van der Waals surface area contributed by atoms with E-state index in [-0.39, 0.29) is 23.3 Å². The van der Waals surface area contributed by atoms with Crippen LogP contribution in [0.3, 0.4) is 0 Å². The Kier molecular flexibility index (Phi) is 7.04. The molecule has 4 rings (SSSR count). The molecule has 0 aliphatic carbocycles. The molecule has 0 saturated carbocycles. The van der Waals surface area contributed by atoms with Crippen LogP contribution in [0.1, 0.15) is 12.5 Å². The number of aromatic amines is 1. The Morgan fingerprint density at radius 1 is 1.07 bits per heavy atom. The summed E-state index contributed by atoms with van der Waals surface area (Å²) in [5, 5.41) is 6.26. The normalized spacial score (nSPS) is 12.7. The first-order valence-electron chi connectivity index (χ1n) is 9.50. The summed E-state index contributed by atoms with van der Waals surface area (Å²) in [4.78, 5) is 11.6. The third-order valence-electron chi connectivity index (χ3n) is 4.87. The zero-order chi connectivity index (χ0) is 20.3. The van der Waals surface area contributed by atoms with Crippen molar-refractivity contribution in [3.8, 4) is 0 Å². The van der Waals surface area contributed by atoms with E-state index in [4.69, 9.17) is 0 Å². The summed E-state index contributed by atoms with van der Waals surface area (Å²) in [5.74, 6) is 0. The first-order chi connectivity index (χ1) is 14.0. The van der Waals surface area contributed by atoms with Crippen molar-refractivity contribution < 1.29 is 8.42 Å². The van der Waals surface area contributed by atoms with Gasteiger partial charge in [0, 0.05) is 48.1 Å². The Balaban J connectivity index is 0.00000256. The standard InChI is InChI=1S/C21H23N5O2S.ClH/c1-15(11-22-8-5-18-13-25-21-14-24-9-6-20(18)21)26-29(27,28)19-3-2-17-12-23-7-4-16(17)10-19;/h2-4,6-7,9-10,12-15,22,25-26H,5,8,11H2,1H3;1H/t15-;/m1./s1. The zero-order valence-electron chi connectivity index (χ0n) is 16.5. The number of nitrogens with one attached hydrogen (secondary N) is 3. The molecule has 1 atom stereocenters. The van der Waals surface area contributed by atoms with E-state index in [2.05, 4.69) is 25.0 Å². The van der Waals surface area contributed by atoms with Crippen LogP contribution in [0.2, 0.25) is 0 Å². The number of aromatic nitrogens is 3. The number of H-pyrrole nitrogens is 1. The summed E-state index contributed by atoms with van der Waals surface area (Å²) >= 11 is 0. The Morgan fingerprint density at radius 3 is 2.73 bits per heavy atom. The van der Waals surface area contributed by atoms with Crippen LogP contribution >= 0.6 is 12.4 Å². The molecule has 1 aromatic carbocycles. The molecule has 0 amide bonds. The molecule has 0 aliphatic heterocycles. The van der Waals surface area contributed by atoms with Gasteiger partial charge >= 0.3 is 0 Å². The van der Waals surface area contributed by atoms with Crippen molar-refractivity contribution in [2.75, 3.05) is 13.1 Å². The molecule has 158 valence electrons. The van der Waals surface area contributed by atoms with Crippen molar-refractivity contribution in [2.24, 2.45) is 0 Å². The van der Waals surface area contributed by atoms with Crippen LogP contribution in [0.15, 0.2) is 66.2 Å². The van der Waals surface area contributed by atoms with E-state index in [1.807, 2.05) is 25.4 Å². The highest BCUT2D eigenvalue weighted by molar-refractivity contribution is 7.89. The van der Waals surface area contributed by atoms with E-state index in [0.717, 1.165) is 29.3 Å². The Bertz CT molecular complexity index is 1240. The second kappa shape index (κ2) is 9.53. The van der Waals surface area contributed by atoms with E-state index in [9.17, 15) is 8.42 Å². The molecular formula is C21H24ClN5O2S. The molecule has 7 nitrogen and oxygen atoms in total. The number of rotatable bonds is 8. The van der Waals surface area contributed by atoms with Crippen LogP contribution in [-0.2, 0) is 16.4 Å². The van der Waals surface area contributed by atoms with E-state index >= 15 is 0 Å². The smallest absolute Gasteiger partial charge is 0.240 e. The second-order valence-corrected chi connectivity index (χ2v) is 8.81. The molecule has 30 heavy (non-hydrogen) atoms. The number of sulfonamides is 1.